The first kappa shape index (κ1) is 22.9. The number of rotatable bonds is 7. The molecule has 0 radical (unpaired) electrons. The second-order valence-electron chi connectivity index (χ2n) is 8.80. The summed E-state index contributed by atoms with van der Waals surface area (Å²) in [7, 11) is 0. The van der Waals surface area contributed by atoms with Gasteiger partial charge in [0.2, 0.25) is 0 Å². The molecule has 0 aliphatic carbocycles. The zero-order valence-corrected chi connectivity index (χ0v) is 19.0. The molecular formula is C25H30ClN3O3. The lowest BCUT2D eigenvalue weighted by Gasteiger charge is -2.44. The smallest absolute Gasteiger partial charge is 0.269 e. The number of benzene rings is 2. The number of likely N-dealkylation sites (tertiary alicyclic amines) is 2. The van der Waals surface area contributed by atoms with Crippen molar-refractivity contribution < 1.29 is 9.72 Å². The maximum atomic E-state index is 14.0. The van der Waals surface area contributed by atoms with E-state index in [9.17, 15) is 14.9 Å². The van der Waals surface area contributed by atoms with Crippen LogP contribution < -0.4 is 0 Å². The summed E-state index contributed by atoms with van der Waals surface area (Å²) in [6, 6.07) is 13.5. The third-order valence-corrected chi connectivity index (χ3v) is 6.96. The highest BCUT2D eigenvalue weighted by atomic mass is 35.5. The topological polar surface area (TPSA) is 66.7 Å². The van der Waals surface area contributed by atoms with E-state index >= 15 is 0 Å². The van der Waals surface area contributed by atoms with Crippen molar-refractivity contribution in [3.8, 4) is 0 Å². The minimum atomic E-state index is -0.374. The van der Waals surface area contributed by atoms with Crippen LogP contribution in [0.2, 0.25) is 5.02 Å². The molecule has 0 aromatic heterocycles. The van der Waals surface area contributed by atoms with Crippen LogP contribution >= 0.6 is 11.6 Å². The summed E-state index contributed by atoms with van der Waals surface area (Å²) in [4.78, 5) is 29.6. The normalized spacial score (nSPS) is 19.9. The highest BCUT2D eigenvalue weighted by molar-refractivity contribution is 6.30. The van der Waals surface area contributed by atoms with E-state index < -0.39 is 0 Å². The minimum absolute atomic E-state index is 0.0738. The summed E-state index contributed by atoms with van der Waals surface area (Å²) in [5.74, 6) is 0.0949. The number of nitro groups is 1. The Balaban J connectivity index is 1.76. The van der Waals surface area contributed by atoms with Crippen molar-refractivity contribution in [1.82, 2.24) is 9.80 Å². The predicted molar refractivity (Wildman–Crippen MR) is 126 cm³/mol. The molecule has 0 unspecified atom stereocenters. The van der Waals surface area contributed by atoms with Crippen molar-refractivity contribution in [3.05, 3.63) is 74.8 Å². The van der Waals surface area contributed by atoms with E-state index in [0.717, 1.165) is 57.4 Å². The van der Waals surface area contributed by atoms with Crippen LogP contribution in [0.25, 0.3) is 0 Å². The summed E-state index contributed by atoms with van der Waals surface area (Å²) >= 11 is 6.08. The van der Waals surface area contributed by atoms with Crippen molar-refractivity contribution >= 4 is 23.1 Å². The van der Waals surface area contributed by atoms with Gasteiger partial charge in [-0.25, -0.2) is 0 Å². The van der Waals surface area contributed by atoms with Crippen LogP contribution in [0.3, 0.4) is 0 Å². The molecular weight excluding hydrogens is 426 g/mol. The number of nitro benzene ring substituents is 1. The largest absolute Gasteiger partial charge is 0.294 e. The lowest BCUT2D eigenvalue weighted by atomic mass is 9.87. The van der Waals surface area contributed by atoms with Gasteiger partial charge in [-0.3, -0.25) is 24.7 Å². The van der Waals surface area contributed by atoms with Gasteiger partial charge in [-0.1, -0.05) is 36.6 Å². The van der Waals surface area contributed by atoms with Gasteiger partial charge in [0.25, 0.3) is 5.69 Å². The quantitative estimate of drug-likeness (QED) is 0.312. The van der Waals surface area contributed by atoms with Crippen molar-refractivity contribution in [1.29, 1.82) is 0 Å². The van der Waals surface area contributed by atoms with Crippen LogP contribution in [-0.4, -0.2) is 52.7 Å². The van der Waals surface area contributed by atoms with Crippen molar-refractivity contribution in [2.24, 2.45) is 0 Å². The average molecular weight is 456 g/mol. The molecule has 4 rings (SSSR count). The fourth-order valence-corrected chi connectivity index (χ4v) is 5.20. The molecule has 170 valence electrons. The van der Waals surface area contributed by atoms with Gasteiger partial charge in [0.05, 0.1) is 17.0 Å². The van der Waals surface area contributed by atoms with E-state index in [4.69, 9.17) is 11.6 Å². The maximum Gasteiger partial charge on any atom is 0.269 e. The van der Waals surface area contributed by atoms with Gasteiger partial charge in [-0.05, 0) is 81.7 Å². The Kier molecular flexibility index (Phi) is 7.55. The van der Waals surface area contributed by atoms with Crippen molar-refractivity contribution in [2.45, 2.75) is 50.6 Å². The Hall–Kier alpha value is -2.28. The van der Waals surface area contributed by atoms with Gasteiger partial charge in [0.1, 0.15) is 0 Å². The second-order valence-corrected chi connectivity index (χ2v) is 9.24. The number of piperidine rings is 2. The maximum absolute atomic E-state index is 14.0. The molecule has 32 heavy (non-hydrogen) atoms. The van der Waals surface area contributed by atoms with E-state index in [-0.39, 0.29) is 28.5 Å². The lowest BCUT2D eigenvalue weighted by Crippen LogP contribution is -2.53. The summed E-state index contributed by atoms with van der Waals surface area (Å²) < 4.78 is 0. The van der Waals surface area contributed by atoms with Gasteiger partial charge < -0.3 is 0 Å². The zero-order chi connectivity index (χ0) is 22.5. The van der Waals surface area contributed by atoms with Gasteiger partial charge in [0, 0.05) is 22.7 Å². The van der Waals surface area contributed by atoms with E-state index in [2.05, 4.69) is 9.80 Å². The number of hydrogen-bond donors (Lipinski definition) is 0. The van der Waals surface area contributed by atoms with Crippen LogP contribution in [0.4, 0.5) is 5.69 Å². The fraction of sp³-hybridized carbons (Fsp3) is 0.480. The molecule has 2 aromatic rings. The van der Waals surface area contributed by atoms with Gasteiger partial charge in [0.15, 0.2) is 5.78 Å². The Morgan fingerprint density at radius 3 is 1.88 bits per heavy atom. The van der Waals surface area contributed by atoms with Crippen LogP contribution in [0, 0.1) is 10.1 Å². The van der Waals surface area contributed by atoms with E-state index in [0.29, 0.717) is 10.6 Å². The lowest BCUT2D eigenvalue weighted by molar-refractivity contribution is -0.384. The molecule has 2 atom stereocenters. The molecule has 0 N–H and O–H groups in total. The number of hydrogen-bond acceptors (Lipinski definition) is 5. The van der Waals surface area contributed by atoms with Crippen LogP contribution in [-0.2, 0) is 0 Å². The highest BCUT2D eigenvalue weighted by Gasteiger charge is 2.39. The van der Waals surface area contributed by atoms with Crippen molar-refractivity contribution in [2.75, 3.05) is 26.2 Å². The third kappa shape index (κ3) is 5.20. The third-order valence-electron chi connectivity index (χ3n) is 6.71. The first-order valence-corrected chi connectivity index (χ1v) is 11.9. The Labute approximate surface area is 194 Å². The predicted octanol–water partition coefficient (Wildman–Crippen LogP) is 5.51. The first-order chi connectivity index (χ1) is 15.5. The summed E-state index contributed by atoms with van der Waals surface area (Å²) in [5.41, 5.74) is 1.70. The molecule has 0 saturated carbocycles. The highest BCUT2D eigenvalue weighted by Crippen LogP contribution is 2.34. The number of halogens is 1. The Morgan fingerprint density at radius 1 is 0.812 bits per heavy atom. The van der Waals surface area contributed by atoms with Crippen LogP contribution in [0.5, 0.6) is 0 Å². The van der Waals surface area contributed by atoms with E-state index in [1.54, 1.807) is 24.3 Å². The van der Waals surface area contributed by atoms with E-state index in [1.165, 1.54) is 12.8 Å². The molecule has 2 fully saturated rings. The Morgan fingerprint density at radius 2 is 1.34 bits per heavy atom. The second kappa shape index (κ2) is 10.6. The Bertz CT molecular complexity index is 920. The van der Waals surface area contributed by atoms with Gasteiger partial charge in [-0.15, -0.1) is 0 Å². The van der Waals surface area contributed by atoms with Gasteiger partial charge >= 0.3 is 0 Å². The molecule has 2 heterocycles. The molecule has 6 nitrogen and oxygen atoms in total. The molecule has 0 amide bonds. The number of Topliss-reactive ketones (excluding diaryl/α,β-unsaturated/α-hetero) is 1. The van der Waals surface area contributed by atoms with Gasteiger partial charge in [-0.2, -0.15) is 0 Å². The summed E-state index contributed by atoms with van der Waals surface area (Å²) in [6.45, 7) is 3.64. The molecule has 2 aliphatic heterocycles. The average Bonchev–Trinajstić information content (AvgIpc) is 2.84. The van der Waals surface area contributed by atoms with Crippen molar-refractivity contribution in [3.63, 3.8) is 0 Å². The molecule has 0 spiro atoms. The number of ketones is 1. The first-order valence-electron chi connectivity index (χ1n) is 11.6. The molecule has 2 aliphatic rings. The fourth-order valence-electron chi connectivity index (χ4n) is 5.07. The summed E-state index contributed by atoms with van der Waals surface area (Å²) in [5, 5.41) is 11.8. The molecule has 2 saturated heterocycles. The molecule has 7 heteroatoms. The number of carbonyl (C=O) groups excluding carboxylic acids is 1. The monoisotopic (exact) mass is 455 g/mol. The number of carbonyl (C=O) groups is 1. The SMILES string of the molecule is O=C(c1ccc(Cl)cc1)[C@@H]([C@@H](c1ccc([N+](=O)[O-])cc1)N1CCCCC1)N1CCCCC1. The number of non-ortho nitro benzene ring substituents is 1. The minimum Gasteiger partial charge on any atom is -0.294 e. The number of nitrogens with zero attached hydrogens (tertiary/aromatic N) is 3. The molecule has 2 aromatic carbocycles. The standard InChI is InChI=1S/C25H30ClN3O3/c26-21-11-7-20(8-12-21)25(30)24(28-17-5-2-6-18-28)23(27-15-3-1-4-16-27)19-9-13-22(14-10-19)29(31)32/h7-14,23-24H,1-6,15-18H2/t23-,24-/m1/s1. The van der Waals surface area contributed by atoms with Crippen LogP contribution in [0.15, 0.2) is 48.5 Å². The molecule has 0 bridgehead atoms. The zero-order valence-electron chi connectivity index (χ0n) is 18.3. The van der Waals surface area contributed by atoms with E-state index in [1.807, 2.05) is 24.3 Å². The van der Waals surface area contributed by atoms with Crippen LogP contribution in [0.1, 0.15) is 60.5 Å². The summed E-state index contributed by atoms with van der Waals surface area (Å²) in [6.07, 6.45) is 6.75.